The second kappa shape index (κ2) is 10.3. The van der Waals surface area contributed by atoms with Gasteiger partial charge in [-0.25, -0.2) is 0 Å². The Hall–Kier alpha value is -0.0400. The lowest BCUT2D eigenvalue weighted by molar-refractivity contribution is -0.0446. The Morgan fingerprint density at radius 2 is 1.20 bits per heavy atom. The summed E-state index contributed by atoms with van der Waals surface area (Å²) in [4.78, 5) is 2.93. The summed E-state index contributed by atoms with van der Waals surface area (Å²) in [6, 6.07) is 1.88. The van der Waals surface area contributed by atoms with E-state index in [1.54, 1.807) is 0 Å². The number of rotatable bonds is 11. The summed E-state index contributed by atoms with van der Waals surface area (Å²) >= 11 is 0. The van der Waals surface area contributed by atoms with Crippen molar-refractivity contribution in [2.24, 2.45) is 35.0 Å². The van der Waals surface area contributed by atoms with Crippen LogP contribution in [-0.4, -0.2) is 23.0 Å². The van der Waals surface area contributed by atoms with Crippen molar-refractivity contribution >= 4 is 0 Å². The van der Waals surface area contributed by atoms with E-state index in [0.717, 1.165) is 17.8 Å². The number of nitrogens with zero attached hydrogens (tertiary/aromatic N) is 1. The van der Waals surface area contributed by atoms with Crippen LogP contribution in [0, 0.1) is 35.0 Å². The van der Waals surface area contributed by atoms with Crippen molar-refractivity contribution in [2.75, 3.05) is 0 Å². The fourth-order valence-corrected chi connectivity index (χ4v) is 4.27. The highest BCUT2D eigenvalue weighted by atomic mass is 15.2. The zero-order chi connectivity index (χ0) is 20.1. The Bertz CT molecular complexity index is 353. The minimum Gasteiger partial charge on any atom is -0.294 e. The van der Waals surface area contributed by atoms with Gasteiger partial charge < -0.3 is 0 Å². The van der Waals surface area contributed by atoms with E-state index in [2.05, 4.69) is 94.9 Å². The predicted octanol–water partition coefficient (Wildman–Crippen LogP) is 7.50. The molecule has 1 nitrogen and oxygen atoms in total. The highest BCUT2D eigenvalue weighted by Gasteiger charge is 2.42. The van der Waals surface area contributed by atoms with Crippen LogP contribution in [0.2, 0.25) is 0 Å². The molecule has 0 spiro atoms. The zero-order valence-corrected chi connectivity index (χ0v) is 20.0. The molecule has 0 fully saturated rings. The smallest absolute Gasteiger partial charge is 0.0157 e. The van der Waals surface area contributed by atoms with Crippen LogP contribution < -0.4 is 0 Å². The van der Waals surface area contributed by atoms with Gasteiger partial charge in [-0.05, 0) is 55.3 Å². The first-order valence-electron chi connectivity index (χ1n) is 11.1. The largest absolute Gasteiger partial charge is 0.294 e. The first-order valence-corrected chi connectivity index (χ1v) is 11.1. The molecule has 0 heterocycles. The molecule has 0 aliphatic carbocycles. The van der Waals surface area contributed by atoms with Gasteiger partial charge in [0.1, 0.15) is 0 Å². The van der Waals surface area contributed by atoms with Gasteiger partial charge in [-0.3, -0.25) is 4.90 Å². The second-order valence-corrected chi connectivity index (χ2v) is 10.6. The van der Waals surface area contributed by atoms with E-state index in [-0.39, 0.29) is 0 Å². The standard InChI is InChI=1S/C24H51N/c1-14-20(10)23(17(4)5)25(19(8)9)22(15-21(11)16(2)3)24(12,13)18(6)7/h16-23H,14-15H2,1-13H3. The van der Waals surface area contributed by atoms with Crippen LogP contribution in [0.4, 0.5) is 0 Å². The van der Waals surface area contributed by atoms with Crippen molar-refractivity contribution in [1.29, 1.82) is 0 Å². The lowest BCUT2D eigenvalue weighted by Gasteiger charge is -2.53. The second-order valence-electron chi connectivity index (χ2n) is 10.6. The topological polar surface area (TPSA) is 3.24 Å². The lowest BCUT2D eigenvalue weighted by atomic mass is 9.69. The molecule has 0 aliphatic rings. The van der Waals surface area contributed by atoms with Crippen molar-refractivity contribution in [3.8, 4) is 0 Å². The van der Waals surface area contributed by atoms with Gasteiger partial charge in [-0.2, -0.15) is 0 Å². The molecule has 0 amide bonds. The molecule has 0 bridgehead atoms. The third-order valence-corrected chi connectivity index (χ3v) is 7.29. The molecule has 0 rings (SSSR count). The van der Waals surface area contributed by atoms with Gasteiger partial charge in [0, 0.05) is 18.1 Å². The summed E-state index contributed by atoms with van der Waals surface area (Å²) in [5.74, 6) is 3.62. The summed E-state index contributed by atoms with van der Waals surface area (Å²) in [6.07, 6.45) is 2.57. The van der Waals surface area contributed by atoms with Gasteiger partial charge in [-0.15, -0.1) is 0 Å². The maximum Gasteiger partial charge on any atom is 0.0157 e. The summed E-state index contributed by atoms with van der Waals surface area (Å²) in [6.45, 7) is 31.6. The van der Waals surface area contributed by atoms with Gasteiger partial charge in [0.25, 0.3) is 0 Å². The molecule has 4 unspecified atom stereocenters. The molecule has 0 aromatic rings. The normalized spacial score (nSPS) is 18.5. The van der Waals surface area contributed by atoms with Crippen LogP contribution in [-0.2, 0) is 0 Å². The van der Waals surface area contributed by atoms with Crippen LogP contribution >= 0.6 is 0 Å². The first-order chi connectivity index (χ1) is 11.3. The van der Waals surface area contributed by atoms with Crippen LogP contribution in [0.15, 0.2) is 0 Å². The minimum atomic E-state index is 0.314. The molecule has 4 atom stereocenters. The fraction of sp³-hybridized carbons (Fsp3) is 1.00. The Kier molecular flexibility index (Phi) is 10.3. The number of hydrogen-bond donors (Lipinski definition) is 0. The quantitative estimate of drug-likeness (QED) is 0.371. The van der Waals surface area contributed by atoms with E-state index >= 15 is 0 Å². The van der Waals surface area contributed by atoms with E-state index < -0.39 is 0 Å². The molecule has 0 aromatic heterocycles. The number of hydrogen-bond acceptors (Lipinski definition) is 1. The van der Waals surface area contributed by atoms with E-state index in [1.165, 1.54) is 12.8 Å². The van der Waals surface area contributed by atoms with Crippen molar-refractivity contribution < 1.29 is 0 Å². The molecule has 152 valence electrons. The average molecular weight is 354 g/mol. The van der Waals surface area contributed by atoms with Crippen LogP contribution in [0.1, 0.15) is 103 Å². The highest BCUT2D eigenvalue weighted by Crippen LogP contribution is 2.41. The average Bonchev–Trinajstić information content (AvgIpc) is 2.48. The van der Waals surface area contributed by atoms with E-state index in [9.17, 15) is 0 Å². The van der Waals surface area contributed by atoms with Crippen LogP contribution in [0.3, 0.4) is 0 Å². The third kappa shape index (κ3) is 6.56. The van der Waals surface area contributed by atoms with E-state index in [0.29, 0.717) is 35.4 Å². The predicted molar refractivity (Wildman–Crippen MR) is 116 cm³/mol. The Balaban J connectivity index is 6.09. The maximum absolute atomic E-state index is 2.93. The molecular formula is C24H51N. The molecular weight excluding hydrogens is 302 g/mol. The first kappa shape index (κ1) is 25.0. The molecule has 0 aliphatic heterocycles. The third-order valence-electron chi connectivity index (χ3n) is 7.29. The van der Waals surface area contributed by atoms with Gasteiger partial charge in [0.15, 0.2) is 0 Å². The van der Waals surface area contributed by atoms with Crippen LogP contribution in [0.5, 0.6) is 0 Å². The molecule has 0 aromatic carbocycles. The van der Waals surface area contributed by atoms with E-state index in [4.69, 9.17) is 0 Å². The van der Waals surface area contributed by atoms with Gasteiger partial charge >= 0.3 is 0 Å². The van der Waals surface area contributed by atoms with Gasteiger partial charge in [0.05, 0.1) is 0 Å². The molecule has 0 N–H and O–H groups in total. The Morgan fingerprint density at radius 3 is 1.48 bits per heavy atom. The fourth-order valence-electron chi connectivity index (χ4n) is 4.27. The highest BCUT2D eigenvalue weighted by molar-refractivity contribution is 4.95. The molecule has 1 heteroatoms. The summed E-state index contributed by atoms with van der Waals surface area (Å²) < 4.78 is 0. The summed E-state index contributed by atoms with van der Waals surface area (Å²) in [5.41, 5.74) is 0.314. The zero-order valence-electron chi connectivity index (χ0n) is 20.0. The molecule has 25 heavy (non-hydrogen) atoms. The maximum atomic E-state index is 2.93. The SMILES string of the molecule is CCC(C)C(C(C)C)N(C(C)C)C(CC(C)C(C)C)C(C)(C)C(C)C. The van der Waals surface area contributed by atoms with E-state index in [1.807, 2.05) is 0 Å². The van der Waals surface area contributed by atoms with Crippen molar-refractivity contribution in [3.63, 3.8) is 0 Å². The van der Waals surface area contributed by atoms with Crippen LogP contribution in [0.25, 0.3) is 0 Å². The molecule has 0 saturated carbocycles. The Morgan fingerprint density at radius 1 is 0.720 bits per heavy atom. The van der Waals surface area contributed by atoms with Gasteiger partial charge in [-0.1, -0.05) is 82.6 Å². The monoisotopic (exact) mass is 353 g/mol. The lowest BCUT2D eigenvalue weighted by Crippen LogP contribution is -2.58. The molecule has 0 radical (unpaired) electrons. The minimum absolute atomic E-state index is 0.314. The van der Waals surface area contributed by atoms with Crippen molar-refractivity contribution in [3.05, 3.63) is 0 Å². The van der Waals surface area contributed by atoms with Crippen molar-refractivity contribution in [2.45, 2.75) is 121 Å². The molecule has 0 saturated heterocycles. The van der Waals surface area contributed by atoms with Gasteiger partial charge in [0.2, 0.25) is 0 Å². The Labute approximate surface area is 161 Å². The summed E-state index contributed by atoms with van der Waals surface area (Å²) in [7, 11) is 0. The summed E-state index contributed by atoms with van der Waals surface area (Å²) in [5, 5.41) is 0. The van der Waals surface area contributed by atoms with Crippen molar-refractivity contribution in [1.82, 2.24) is 4.90 Å².